The van der Waals surface area contributed by atoms with Crippen LogP contribution in [0.25, 0.3) is 10.8 Å². The number of benzene rings is 5. The Morgan fingerprint density at radius 3 is 2.36 bits per heavy atom. The summed E-state index contributed by atoms with van der Waals surface area (Å²) in [5.41, 5.74) is 3.85. The van der Waals surface area contributed by atoms with E-state index in [4.69, 9.17) is 14.6 Å². The van der Waals surface area contributed by atoms with E-state index in [0.717, 1.165) is 27.7 Å². The van der Waals surface area contributed by atoms with Crippen molar-refractivity contribution in [1.29, 1.82) is 0 Å². The highest BCUT2D eigenvalue weighted by Gasteiger charge is 2.41. The zero-order valence-corrected chi connectivity index (χ0v) is 23.6. The fourth-order valence-corrected chi connectivity index (χ4v) is 5.32. The summed E-state index contributed by atoms with van der Waals surface area (Å²) in [5.74, 6) is 0.687. The Morgan fingerprint density at radius 1 is 0.881 bits per heavy atom. The Hall–Kier alpha value is -5.17. The normalized spacial score (nSPS) is 14.7. The molecule has 1 aliphatic heterocycles. The number of methoxy groups -OCH3 is 1. The SMILES string of the molecule is COc1cccc([C@@H]2N(c3ccc(C)cc3)N=C(C(C)=O)N2c2cccc3ccccc23)c1OCc1ccccc1F. The molecule has 0 fully saturated rings. The van der Waals surface area contributed by atoms with Gasteiger partial charge in [-0.15, -0.1) is 5.10 Å². The molecule has 0 saturated heterocycles. The summed E-state index contributed by atoms with van der Waals surface area (Å²) in [6.45, 7) is 3.54. The van der Waals surface area contributed by atoms with Crippen molar-refractivity contribution in [2.24, 2.45) is 5.10 Å². The molecule has 0 N–H and O–H groups in total. The van der Waals surface area contributed by atoms with Crippen LogP contribution in [0.4, 0.5) is 15.8 Å². The van der Waals surface area contributed by atoms with Crippen molar-refractivity contribution in [3.05, 3.63) is 132 Å². The quantitative estimate of drug-likeness (QED) is 0.194. The van der Waals surface area contributed by atoms with Gasteiger partial charge >= 0.3 is 0 Å². The predicted molar refractivity (Wildman–Crippen MR) is 165 cm³/mol. The lowest BCUT2D eigenvalue weighted by Crippen LogP contribution is -2.38. The van der Waals surface area contributed by atoms with Crippen molar-refractivity contribution in [2.45, 2.75) is 26.6 Å². The Kier molecular flexibility index (Phi) is 7.32. The molecule has 210 valence electrons. The lowest BCUT2D eigenvalue weighted by atomic mass is 10.0. The molecule has 1 atom stereocenters. The van der Waals surface area contributed by atoms with Crippen molar-refractivity contribution in [2.75, 3.05) is 17.0 Å². The van der Waals surface area contributed by atoms with Gasteiger partial charge in [0.05, 0.1) is 18.5 Å². The largest absolute Gasteiger partial charge is 0.493 e. The maximum atomic E-state index is 14.6. The van der Waals surface area contributed by atoms with Crippen LogP contribution in [0.1, 0.15) is 29.8 Å². The highest BCUT2D eigenvalue weighted by molar-refractivity contribution is 6.44. The molecule has 7 heteroatoms. The van der Waals surface area contributed by atoms with Gasteiger partial charge in [-0.2, -0.15) is 0 Å². The number of fused-ring (bicyclic) bond motifs is 1. The van der Waals surface area contributed by atoms with Crippen molar-refractivity contribution in [3.63, 3.8) is 0 Å². The minimum atomic E-state index is -0.622. The van der Waals surface area contributed by atoms with Crippen LogP contribution in [-0.2, 0) is 11.4 Å². The van der Waals surface area contributed by atoms with Crippen LogP contribution in [0.2, 0.25) is 0 Å². The molecule has 0 saturated carbocycles. The molecule has 1 heterocycles. The number of para-hydroxylation sites is 1. The van der Waals surface area contributed by atoms with Crippen LogP contribution in [0.3, 0.4) is 0 Å². The zero-order valence-electron chi connectivity index (χ0n) is 23.6. The summed E-state index contributed by atoms with van der Waals surface area (Å²) in [6, 6.07) is 34.2. The van der Waals surface area contributed by atoms with Gasteiger partial charge in [0.25, 0.3) is 0 Å². The molecule has 5 aromatic rings. The first-order valence-electron chi connectivity index (χ1n) is 13.7. The van der Waals surface area contributed by atoms with E-state index in [2.05, 4.69) is 0 Å². The van der Waals surface area contributed by atoms with Gasteiger partial charge in [0.2, 0.25) is 0 Å². The molecule has 5 aromatic carbocycles. The molecule has 0 aliphatic carbocycles. The molecule has 6 rings (SSSR count). The van der Waals surface area contributed by atoms with Gasteiger partial charge in [-0.3, -0.25) is 9.69 Å². The van der Waals surface area contributed by atoms with Crippen LogP contribution in [0.5, 0.6) is 11.5 Å². The third kappa shape index (κ3) is 4.94. The Labute approximate surface area is 244 Å². The lowest BCUT2D eigenvalue weighted by molar-refractivity contribution is -0.111. The van der Waals surface area contributed by atoms with E-state index in [9.17, 15) is 9.18 Å². The fraction of sp³-hybridized carbons (Fsp3) is 0.143. The molecule has 0 spiro atoms. The van der Waals surface area contributed by atoms with E-state index < -0.39 is 6.17 Å². The third-order valence-electron chi connectivity index (χ3n) is 7.38. The number of amidine groups is 1. The van der Waals surface area contributed by atoms with E-state index in [1.807, 2.05) is 95.7 Å². The molecule has 1 aliphatic rings. The number of hydrogen-bond donors (Lipinski definition) is 0. The Bertz CT molecular complexity index is 1800. The maximum absolute atomic E-state index is 14.6. The molecule has 0 radical (unpaired) electrons. The number of hydrazone groups is 1. The van der Waals surface area contributed by atoms with Crippen LogP contribution in [0, 0.1) is 12.7 Å². The highest BCUT2D eigenvalue weighted by Crippen LogP contribution is 2.46. The number of ether oxygens (including phenoxy) is 2. The Balaban J connectivity index is 1.57. The smallest absolute Gasteiger partial charge is 0.198 e. The standard InChI is InChI=1S/C35H30FN3O3/c1-23-18-20-27(21-19-23)39-35(29-14-9-17-32(41-3)33(29)42-22-26-11-5-7-15-30(26)36)38(34(37-39)24(2)40)31-16-8-12-25-10-4-6-13-28(25)31/h4-21,35H,22H2,1-3H3/t35-/m0/s1. The van der Waals surface area contributed by atoms with Gasteiger partial charge in [0.15, 0.2) is 29.3 Å². The number of aryl methyl sites for hydroxylation is 1. The summed E-state index contributed by atoms with van der Waals surface area (Å²) >= 11 is 0. The highest BCUT2D eigenvalue weighted by atomic mass is 19.1. The lowest BCUT2D eigenvalue weighted by Gasteiger charge is -2.34. The molecule has 42 heavy (non-hydrogen) atoms. The number of rotatable bonds is 8. The van der Waals surface area contributed by atoms with E-state index >= 15 is 0 Å². The topological polar surface area (TPSA) is 54.4 Å². The number of carbonyl (C=O) groups is 1. The molecular weight excluding hydrogens is 529 g/mol. The molecule has 6 nitrogen and oxygen atoms in total. The number of carbonyl (C=O) groups excluding carboxylic acids is 1. The molecular formula is C35H30FN3O3. The average molecular weight is 560 g/mol. The van der Waals surface area contributed by atoms with Crippen molar-refractivity contribution < 1.29 is 18.7 Å². The summed E-state index contributed by atoms with van der Waals surface area (Å²) in [7, 11) is 1.57. The van der Waals surface area contributed by atoms with Crippen molar-refractivity contribution >= 4 is 33.8 Å². The fourth-order valence-electron chi connectivity index (χ4n) is 5.32. The minimum Gasteiger partial charge on any atom is -0.493 e. The Morgan fingerprint density at radius 2 is 1.60 bits per heavy atom. The number of Topliss-reactive ketones (excluding diaryl/α,β-unsaturated/α-hetero) is 1. The second-order valence-electron chi connectivity index (χ2n) is 10.2. The van der Waals surface area contributed by atoms with E-state index in [1.54, 1.807) is 31.4 Å². The number of nitrogens with zero attached hydrogens (tertiary/aromatic N) is 3. The van der Waals surface area contributed by atoms with E-state index in [-0.39, 0.29) is 18.2 Å². The van der Waals surface area contributed by atoms with E-state index in [1.165, 1.54) is 13.0 Å². The van der Waals surface area contributed by atoms with Crippen molar-refractivity contribution in [1.82, 2.24) is 0 Å². The predicted octanol–water partition coefficient (Wildman–Crippen LogP) is 7.80. The number of hydrogen-bond acceptors (Lipinski definition) is 6. The van der Waals surface area contributed by atoms with Gasteiger partial charge in [0.1, 0.15) is 12.4 Å². The summed E-state index contributed by atoms with van der Waals surface area (Å²) < 4.78 is 26.7. The first-order valence-corrected chi connectivity index (χ1v) is 13.7. The first kappa shape index (κ1) is 27.0. The van der Waals surface area contributed by atoms with Gasteiger partial charge in [0, 0.05) is 23.4 Å². The molecule has 0 bridgehead atoms. The second-order valence-corrected chi connectivity index (χ2v) is 10.2. The van der Waals surface area contributed by atoms with Crippen LogP contribution >= 0.6 is 0 Å². The van der Waals surface area contributed by atoms with Crippen LogP contribution in [-0.4, -0.2) is 18.7 Å². The number of anilines is 2. The maximum Gasteiger partial charge on any atom is 0.198 e. The third-order valence-corrected chi connectivity index (χ3v) is 7.38. The summed E-state index contributed by atoms with van der Waals surface area (Å²) in [5, 5.41) is 8.75. The molecule has 0 aromatic heterocycles. The van der Waals surface area contributed by atoms with Gasteiger partial charge in [-0.1, -0.05) is 84.4 Å². The molecule has 0 amide bonds. The summed E-state index contributed by atoms with van der Waals surface area (Å²) in [4.78, 5) is 15.2. The van der Waals surface area contributed by atoms with Gasteiger partial charge in [-0.05, 0) is 42.6 Å². The summed E-state index contributed by atoms with van der Waals surface area (Å²) in [6.07, 6.45) is -0.622. The number of ketones is 1. The minimum absolute atomic E-state index is 0.00795. The van der Waals surface area contributed by atoms with E-state index in [0.29, 0.717) is 28.5 Å². The second kappa shape index (κ2) is 11.4. The zero-order chi connectivity index (χ0) is 29.2. The van der Waals surface area contributed by atoms with Gasteiger partial charge in [-0.25, -0.2) is 9.40 Å². The van der Waals surface area contributed by atoms with Crippen LogP contribution < -0.4 is 19.4 Å². The monoisotopic (exact) mass is 559 g/mol. The molecule has 0 unspecified atom stereocenters. The number of halogens is 1. The first-order chi connectivity index (χ1) is 20.5. The van der Waals surface area contributed by atoms with Gasteiger partial charge < -0.3 is 9.47 Å². The average Bonchev–Trinajstić information content (AvgIpc) is 3.41. The van der Waals surface area contributed by atoms with Crippen molar-refractivity contribution in [3.8, 4) is 11.5 Å². The van der Waals surface area contributed by atoms with Crippen LogP contribution in [0.15, 0.2) is 114 Å².